The summed E-state index contributed by atoms with van der Waals surface area (Å²) in [7, 11) is 4.18. The molecule has 0 heterocycles. The number of hydrogen-bond acceptors (Lipinski definition) is 3. The Labute approximate surface area is 135 Å². The van der Waals surface area contributed by atoms with Gasteiger partial charge in [-0.15, -0.1) is 0 Å². The lowest BCUT2D eigenvalue weighted by Gasteiger charge is -2.43. The minimum atomic E-state index is -0.536. The first-order chi connectivity index (χ1) is 10.1. The average molecular weight is 305 g/mol. The van der Waals surface area contributed by atoms with Gasteiger partial charge in [0.25, 0.3) is 0 Å². The van der Waals surface area contributed by atoms with Crippen LogP contribution in [0.5, 0.6) is 0 Å². The van der Waals surface area contributed by atoms with Crippen LogP contribution in [0, 0.1) is 10.8 Å². The molecule has 0 fully saturated rings. The predicted molar refractivity (Wildman–Crippen MR) is 91.7 cm³/mol. The highest BCUT2D eigenvalue weighted by atomic mass is 16.5. The van der Waals surface area contributed by atoms with E-state index in [-0.39, 0.29) is 17.4 Å². The van der Waals surface area contributed by atoms with Gasteiger partial charge in [-0.3, -0.25) is 4.79 Å². The van der Waals surface area contributed by atoms with E-state index in [0.717, 1.165) is 6.42 Å². The van der Waals surface area contributed by atoms with Crippen LogP contribution < -0.4 is 0 Å². The van der Waals surface area contributed by atoms with Gasteiger partial charge < -0.3 is 9.64 Å². The molecule has 0 amide bonds. The van der Waals surface area contributed by atoms with Crippen molar-refractivity contribution in [3.05, 3.63) is 35.9 Å². The maximum absolute atomic E-state index is 12.4. The van der Waals surface area contributed by atoms with E-state index in [0.29, 0.717) is 6.61 Å². The van der Waals surface area contributed by atoms with Crippen molar-refractivity contribution in [2.75, 3.05) is 20.7 Å². The standard InChI is InChI=1S/C19H31NO2/c1-8-22-17(21)19(4,5)18(2,3)14-16(20(6)7)15-12-10-9-11-13-15/h9-13,16H,8,14H2,1-7H3. The SMILES string of the molecule is CCOC(=O)C(C)(C)C(C)(C)CC(c1ccccc1)N(C)C. The molecule has 124 valence electrons. The van der Waals surface area contributed by atoms with Gasteiger partial charge in [0.1, 0.15) is 0 Å². The molecule has 0 aliphatic heterocycles. The van der Waals surface area contributed by atoms with Crippen LogP contribution >= 0.6 is 0 Å². The zero-order valence-electron chi connectivity index (χ0n) is 15.1. The molecule has 1 rings (SSSR count). The molecule has 1 aromatic rings. The third-order valence-electron chi connectivity index (χ3n) is 4.99. The maximum Gasteiger partial charge on any atom is 0.312 e. The molecule has 0 spiro atoms. The normalized spacial score (nSPS) is 14.0. The number of hydrogen-bond donors (Lipinski definition) is 0. The monoisotopic (exact) mass is 305 g/mol. The first-order valence-electron chi connectivity index (χ1n) is 8.02. The molecular weight excluding hydrogens is 274 g/mol. The highest BCUT2D eigenvalue weighted by molar-refractivity contribution is 5.76. The van der Waals surface area contributed by atoms with E-state index in [4.69, 9.17) is 4.74 Å². The van der Waals surface area contributed by atoms with Crippen molar-refractivity contribution < 1.29 is 9.53 Å². The lowest BCUT2D eigenvalue weighted by molar-refractivity contribution is -0.161. The zero-order valence-corrected chi connectivity index (χ0v) is 15.1. The summed E-state index contributed by atoms with van der Waals surface area (Å²) < 4.78 is 5.29. The number of ether oxygens (including phenoxy) is 1. The van der Waals surface area contributed by atoms with Gasteiger partial charge in [0.15, 0.2) is 0 Å². The van der Waals surface area contributed by atoms with Gasteiger partial charge in [0.05, 0.1) is 12.0 Å². The molecule has 0 aliphatic carbocycles. The summed E-state index contributed by atoms with van der Waals surface area (Å²) in [6.07, 6.45) is 0.885. The molecule has 0 radical (unpaired) electrons. The van der Waals surface area contributed by atoms with Crippen molar-refractivity contribution in [1.82, 2.24) is 4.90 Å². The van der Waals surface area contributed by atoms with Gasteiger partial charge >= 0.3 is 5.97 Å². The Morgan fingerprint density at radius 3 is 2.14 bits per heavy atom. The van der Waals surface area contributed by atoms with Crippen LogP contribution in [-0.4, -0.2) is 31.6 Å². The minimum Gasteiger partial charge on any atom is -0.466 e. The molecule has 1 atom stereocenters. The van der Waals surface area contributed by atoms with Crippen LogP contribution in [0.3, 0.4) is 0 Å². The van der Waals surface area contributed by atoms with Crippen molar-refractivity contribution in [2.45, 2.75) is 47.1 Å². The van der Waals surface area contributed by atoms with Gasteiger partial charge in [0, 0.05) is 6.04 Å². The Kier molecular flexibility index (Phi) is 6.18. The van der Waals surface area contributed by atoms with Crippen LogP contribution in [0.25, 0.3) is 0 Å². The van der Waals surface area contributed by atoms with E-state index >= 15 is 0 Å². The summed E-state index contributed by atoms with van der Waals surface area (Å²) in [6, 6.07) is 10.7. The molecule has 3 heteroatoms. The van der Waals surface area contributed by atoms with Gasteiger partial charge in [-0.2, -0.15) is 0 Å². The summed E-state index contributed by atoms with van der Waals surface area (Å²) in [4.78, 5) is 14.6. The van der Waals surface area contributed by atoms with Crippen molar-refractivity contribution >= 4 is 5.97 Å². The molecule has 3 nitrogen and oxygen atoms in total. The highest BCUT2D eigenvalue weighted by Crippen LogP contribution is 2.46. The smallest absolute Gasteiger partial charge is 0.312 e. The summed E-state index contributed by atoms with van der Waals surface area (Å²) in [6.45, 7) is 10.6. The van der Waals surface area contributed by atoms with Crippen molar-refractivity contribution in [2.24, 2.45) is 10.8 Å². The van der Waals surface area contributed by atoms with Crippen molar-refractivity contribution in [1.29, 1.82) is 0 Å². The molecular formula is C19H31NO2. The fraction of sp³-hybridized carbons (Fsp3) is 0.632. The molecule has 0 bridgehead atoms. The first-order valence-corrected chi connectivity index (χ1v) is 8.02. The molecule has 1 unspecified atom stereocenters. The summed E-state index contributed by atoms with van der Waals surface area (Å²) in [5.41, 5.74) is 0.552. The van der Waals surface area contributed by atoms with Crippen LogP contribution in [0.4, 0.5) is 0 Å². The fourth-order valence-electron chi connectivity index (χ4n) is 2.60. The van der Waals surface area contributed by atoms with E-state index < -0.39 is 5.41 Å². The predicted octanol–water partition coefficient (Wildman–Crippen LogP) is 4.29. The molecule has 0 saturated heterocycles. The number of rotatable bonds is 7. The molecule has 0 N–H and O–H groups in total. The van der Waals surface area contributed by atoms with Crippen molar-refractivity contribution in [3.63, 3.8) is 0 Å². The third kappa shape index (κ3) is 4.10. The number of esters is 1. The molecule has 1 aromatic carbocycles. The van der Waals surface area contributed by atoms with E-state index in [2.05, 4.69) is 57.1 Å². The summed E-state index contributed by atoms with van der Waals surface area (Å²) in [5.74, 6) is -0.120. The van der Waals surface area contributed by atoms with Crippen LogP contribution in [-0.2, 0) is 9.53 Å². The Morgan fingerprint density at radius 2 is 1.68 bits per heavy atom. The summed E-state index contributed by atoms with van der Waals surface area (Å²) in [5, 5.41) is 0. The van der Waals surface area contributed by atoms with Crippen molar-refractivity contribution in [3.8, 4) is 0 Å². The van der Waals surface area contributed by atoms with Gasteiger partial charge in [-0.25, -0.2) is 0 Å². The number of nitrogens with zero attached hydrogens (tertiary/aromatic N) is 1. The average Bonchev–Trinajstić information content (AvgIpc) is 2.45. The Balaban J connectivity index is 3.03. The Hall–Kier alpha value is -1.35. The molecule has 22 heavy (non-hydrogen) atoms. The van der Waals surface area contributed by atoms with Crippen LogP contribution in [0.2, 0.25) is 0 Å². The molecule has 0 saturated carbocycles. The molecule has 0 aliphatic rings. The van der Waals surface area contributed by atoms with E-state index in [1.165, 1.54) is 5.56 Å². The third-order valence-corrected chi connectivity index (χ3v) is 4.99. The zero-order chi connectivity index (χ0) is 17.0. The van der Waals surface area contributed by atoms with Gasteiger partial charge in [-0.05, 0) is 52.3 Å². The summed E-state index contributed by atoms with van der Waals surface area (Å²) >= 11 is 0. The second kappa shape index (κ2) is 7.28. The quantitative estimate of drug-likeness (QED) is 0.704. The second-order valence-electron chi connectivity index (χ2n) is 7.32. The van der Waals surface area contributed by atoms with Crippen LogP contribution in [0.15, 0.2) is 30.3 Å². The first kappa shape index (κ1) is 18.7. The lowest BCUT2D eigenvalue weighted by atomic mass is 9.64. The van der Waals surface area contributed by atoms with Gasteiger partial charge in [-0.1, -0.05) is 44.2 Å². The Morgan fingerprint density at radius 1 is 1.14 bits per heavy atom. The lowest BCUT2D eigenvalue weighted by Crippen LogP contribution is -2.43. The fourth-order valence-corrected chi connectivity index (χ4v) is 2.60. The second-order valence-corrected chi connectivity index (χ2v) is 7.32. The largest absolute Gasteiger partial charge is 0.466 e. The topological polar surface area (TPSA) is 29.5 Å². The van der Waals surface area contributed by atoms with E-state index in [1.807, 2.05) is 26.8 Å². The maximum atomic E-state index is 12.4. The van der Waals surface area contributed by atoms with Crippen LogP contribution in [0.1, 0.15) is 52.6 Å². The van der Waals surface area contributed by atoms with E-state index in [9.17, 15) is 4.79 Å². The number of carbonyl (C=O) groups excluding carboxylic acids is 1. The Bertz CT molecular complexity index is 477. The number of carbonyl (C=O) groups is 1. The van der Waals surface area contributed by atoms with E-state index in [1.54, 1.807) is 0 Å². The highest BCUT2D eigenvalue weighted by Gasteiger charge is 2.45. The number of benzene rings is 1. The molecule has 0 aromatic heterocycles. The van der Waals surface area contributed by atoms with Gasteiger partial charge in [0.2, 0.25) is 0 Å². The minimum absolute atomic E-state index is 0.120.